The second kappa shape index (κ2) is 4.46. The Labute approximate surface area is 109 Å². The standard InChI is InChI=1S/C13H13NO5/c15-6-14(9-2-3-9)12(13(16)17)8-1-4-10-11(5-8)19-7-18-10/h1,4-6,9,12H,2-3,7H2,(H,16,17). The Morgan fingerprint density at radius 2 is 2.11 bits per heavy atom. The van der Waals surface area contributed by atoms with E-state index in [-0.39, 0.29) is 12.8 Å². The van der Waals surface area contributed by atoms with Gasteiger partial charge in [-0.15, -0.1) is 0 Å². The minimum atomic E-state index is -1.04. The highest BCUT2D eigenvalue weighted by atomic mass is 16.7. The fraction of sp³-hybridized carbons (Fsp3) is 0.385. The van der Waals surface area contributed by atoms with E-state index in [1.165, 1.54) is 4.90 Å². The van der Waals surface area contributed by atoms with Gasteiger partial charge in [0.05, 0.1) is 0 Å². The summed E-state index contributed by atoms with van der Waals surface area (Å²) in [6, 6.07) is 4.01. The van der Waals surface area contributed by atoms with Crippen LogP contribution in [-0.2, 0) is 9.59 Å². The molecule has 0 radical (unpaired) electrons. The number of carboxylic acids is 1. The number of rotatable bonds is 5. The van der Waals surface area contributed by atoms with Crippen molar-refractivity contribution in [2.75, 3.05) is 6.79 Å². The van der Waals surface area contributed by atoms with Crippen molar-refractivity contribution < 1.29 is 24.2 Å². The number of carbonyl (C=O) groups excluding carboxylic acids is 1. The predicted molar refractivity (Wildman–Crippen MR) is 63.9 cm³/mol. The van der Waals surface area contributed by atoms with Crippen LogP contribution in [0.25, 0.3) is 0 Å². The van der Waals surface area contributed by atoms with E-state index >= 15 is 0 Å². The molecule has 1 unspecified atom stereocenters. The number of carbonyl (C=O) groups is 2. The van der Waals surface area contributed by atoms with Crippen LogP contribution in [-0.4, -0.2) is 35.2 Å². The van der Waals surface area contributed by atoms with Crippen LogP contribution in [0.1, 0.15) is 24.4 Å². The van der Waals surface area contributed by atoms with Gasteiger partial charge >= 0.3 is 5.97 Å². The maximum absolute atomic E-state index is 11.5. The van der Waals surface area contributed by atoms with E-state index in [9.17, 15) is 14.7 Å². The average molecular weight is 263 g/mol. The zero-order valence-electron chi connectivity index (χ0n) is 10.1. The van der Waals surface area contributed by atoms with Crippen molar-refractivity contribution >= 4 is 12.4 Å². The van der Waals surface area contributed by atoms with E-state index in [4.69, 9.17) is 9.47 Å². The molecule has 1 aromatic carbocycles. The van der Waals surface area contributed by atoms with Gasteiger partial charge < -0.3 is 19.5 Å². The van der Waals surface area contributed by atoms with E-state index in [1.807, 2.05) is 0 Å². The lowest BCUT2D eigenvalue weighted by Crippen LogP contribution is -2.34. The molecule has 1 aliphatic carbocycles. The smallest absolute Gasteiger partial charge is 0.331 e. The van der Waals surface area contributed by atoms with Crippen molar-refractivity contribution in [1.82, 2.24) is 4.90 Å². The second-order valence-corrected chi connectivity index (χ2v) is 4.64. The number of nitrogens with zero attached hydrogens (tertiary/aromatic N) is 1. The van der Waals surface area contributed by atoms with Gasteiger partial charge in [0.25, 0.3) is 0 Å². The zero-order valence-corrected chi connectivity index (χ0v) is 10.1. The molecule has 6 nitrogen and oxygen atoms in total. The summed E-state index contributed by atoms with van der Waals surface area (Å²) in [6.07, 6.45) is 2.32. The molecule has 1 heterocycles. The fourth-order valence-corrected chi connectivity index (χ4v) is 2.26. The number of fused-ring (bicyclic) bond motifs is 1. The molecule has 1 aromatic rings. The highest BCUT2D eigenvalue weighted by Crippen LogP contribution is 2.38. The van der Waals surface area contributed by atoms with E-state index in [0.29, 0.717) is 23.5 Å². The Hall–Kier alpha value is -2.24. The summed E-state index contributed by atoms with van der Waals surface area (Å²) in [6.45, 7) is 0.135. The first kappa shape index (κ1) is 11.8. The SMILES string of the molecule is O=CN(C1CC1)C(C(=O)O)c1ccc2c(c1)OCO2. The van der Waals surface area contributed by atoms with Crippen molar-refractivity contribution in [2.45, 2.75) is 24.9 Å². The summed E-state index contributed by atoms with van der Waals surface area (Å²) in [4.78, 5) is 24.0. The molecule has 1 fully saturated rings. The van der Waals surface area contributed by atoms with Gasteiger partial charge in [-0.1, -0.05) is 6.07 Å². The minimum Gasteiger partial charge on any atom is -0.479 e. The summed E-state index contributed by atoms with van der Waals surface area (Å²) in [5.74, 6) is 0.0697. The van der Waals surface area contributed by atoms with Gasteiger partial charge in [-0.05, 0) is 30.5 Å². The first-order valence-electron chi connectivity index (χ1n) is 6.06. The second-order valence-electron chi connectivity index (χ2n) is 4.64. The first-order valence-corrected chi connectivity index (χ1v) is 6.06. The van der Waals surface area contributed by atoms with Gasteiger partial charge in [0, 0.05) is 6.04 Å². The Morgan fingerprint density at radius 1 is 1.37 bits per heavy atom. The number of carboxylic acid groups (broad SMARTS) is 1. The maximum Gasteiger partial charge on any atom is 0.331 e. The van der Waals surface area contributed by atoms with Crippen LogP contribution < -0.4 is 9.47 Å². The van der Waals surface area contributed by atoms with Gasteiger partial charge in [-0.25, -0.2) is 4.79 Å². The zero-order chi connectivity index (χ0) is 13.4. The van der Waals surface area contributed by atoms with Gasteiger partial charge in [0.2, 0.25) is 13.2 Å². The lowest BCUT2D eigenvalue weighted by atomic mass is 10.0. The highest BCUT2D eigenvalue weighted by Gasteiger charge is 2.38. The lowest BCUT2D eigenvalue weighted by molar-refractivity contribution is -0.147. The third kappa shape index (κ3) is 2.09. The van der Waals surface area contributed by atoms with Crippen molar-refractivity contribution in [3.8, 4) is 11.5 Å². The summed E-state index contributed by atoms with van der Waals surface area (Å²) >= 11 is 0. The molecule has 2 aliphatic rings. The van der Waals surface area contributed by atoms with Gasteiger partial charge in [0.1, 0.15) is 0 Å². The molecular formula is C13H13NO5. The van der Waals surface area contributed by atoms with Crippen LogP contribution in [0.4, 0.5) is 0 Å². The highest BCUT2D eigenvalue weighted by molar-refractivity contribution is 5.79. The van der Waals surface area contributed by atoms with Gasteiger partial charge in [-0.2, -0.15) is 0 Å². The van der Waals surface area contributed by atoms with E-state index in [2.05, 4.69) is 0 Å². The topological polar surface area (TPSA) is 76.1 Å². The van der Waals surface area contributed by atoms with Crippen LogP contribution in [0, 0.1) is 0 Å². The molecule has 1 amide bonds. The molecule has 1 N–H and O–H groups in total. The predicted octanol–water partition coefficient (Wildman–Crippen LogP) is 1.16. The molecule has 1 atom stereocenters. The Balaban J connectivity index is 1.95. The maximum atomic E-state index is 11.5. The van der Waals surface area contributed by atoms with Crippen LogP contribution in [0.3, 0.4) is 0 Å². The molecule has 100 valence electrons. The number of amides is 1. The van der Waals surface area contributed by atoms with Crippen molar-refractivity contribution in [1.29, 1.82) is 0 Å². The molecule has 1 saturated carbocycles. The van der Waals surface area contributed by atoms with Gasteiger partial charge in [-0.3, -0.25) is 4.79 Å². The molecule has 6 heteroatoms. The molecule has 3 rings (SSSR count). The number of hydrogen-bond donors (Lipinski definition) is 1. The summed E-state index contributed by atoms with van der Waals surface area (Å²) in [5, 5.41) is 9.38. The van der Waals surface area contributed by atoms with Crippen LogP contribution in [0.2, 0.25) is 0 Å². The Morgan fingerprint density at radius 3 is 2.74 bits per heavy atom. The monoisotopic (exact) mass is 263 g/mol. The normalized spacial score (nSPS) is 17.9. The summed E-state index contributed by atoms with van der Waals surface area (Å²) in [5.41, 5.74) is 0.524. The number of aliphatic carboxylic acids is 1. The number of benzene rings is 1. The molecule has 19 heavy (non-hydrogen) atoms. The quantitative estimate of drug-likeness (QED) is 0.807. The lowest BCUT2D eigenvalue weighted by Gasteiger charge is -2.25. The largest absolute Gasteiger partial charge is 0.479 e. The molecule has 0 bridgehead atoms. The van der Waals surface area contributed by atoms with E-state index < -0.39 is 12.0 Å². The average Bonchev–Trinajstić information content (AvgIpc) is 3.12. The number of ether oxygens (including phenoxy) is 2. The van der Waals surface area contributed by atoms with Crippen molar-refractivity contribution in [2.24, 2.45) is 0 Å². The fourth-order valence-electron chi connectivity index (χ4n) is 2.26. The third-order valence-corrected chi connectivity index (χ3v) is 3.33. The molecule has 0 aromatic heterocycles. The Kier molecular flexibility index (Phi) is 2.77. The summed E-state index contributed by atoms with van der Waals surface area (Å²) < 4.78 is 10.4. The molecule has 0 spiro atoms. The number of hydrogen-bond acceptors (Lipinski definition) is 4. The first-order chi connectivity index (χ1) is 9.20. The van der Waals surface area contributed by atoms with E-state index in [0.717, 1.165) is 12.8 Å². The van der Waals surface area contributed by atoms with Crippen molar-refractivity contribution in [3.63, 3.8) is 0 Å². The molecule has 1 aliphatic heterocycles. The van der Waals surface area contributed by atoms with Gasteiger partial charge in [0.15, 0.2) is 17.5 Å². The Bertz CT molecular complexity index is 526. The molecule has 0 saturated heterocycles. The van der Waals surface area contributed by atoms with Crippen LogP contribution >= 0.6 is 0 Å². The van der Waals surface area contributed by atoms with Crippen LogP contribution in [0.15, 0.2) is 18.2 Å². The third-order valence-electron chi connectivity index (χ3n) is 3.33. The minimum absolute atomic E-state index is 0.0315. The van der Waals surface area contributed by atoms with Crippen LogP contribution in [0.5, 0.6) is 11.5 Å². The molecular weight excluding hydrogens is 250 g/mol. The van der Waals surface area contributed by atoms with E-state index in [1.54, 1.807) is 18.2 Å². The summed E-state index contributed by atoms with van der Waals surface area (Å²) in [7, 11) is 0. The van der Waals surface area contributed by atoms with Crippen molar-refractivity contribution in [3.05, 3.63) is 23.8 Å².